The number of esters is 1. The Bertz CT molecular complexity index is 422. The fourth-order valence-corrected chi connectivity index (χ4v) is 1.92. The highest BCUT2D eigenvalue weighted by molar-refractivity contribution is 5.89. The van der Waals surface area contributed by atoms with Crippen molar-refractivity contribution in [1.82, 2.24) is 4.90 Å². The average molecular weight is 285 g/mol. The fraction of sp³-hybridized carbons (Fsp3) is 0.714. The van der Waals surface area contributed by atoms with Gasteiger partial charge in [0.2, 0.25) is 0 Å². The topological polar surface area (TPSA) is 76.1 Å². The van der Waals surface area contributed by atoms with E-state index >= 15 is 0 Å². The van der Waals surface area contributed by atoms with Crippen molar-refractivity contribution in [2.75, 3.05) is 13.2 Å². The molecular formula is C14H23NO5. The van der Waals surface area contributed by atoms with Crippen molar-refractivity contribution in [3.05, 3.63) is 11.3 Å². The molecule has 114 valence electrons. The number of aliphatic hydroxyl groups excluding tert-OH is 1. The summed E-state index contributed by atoms with van der Waals surface area (Å²) in [5, 5.41) is 9.93. The minimum Gasteiger partial charge on any atom is -0.510 e. The van der Waals surface area contributed by atoms with Crippen molar-refractivity contribution in [1.29, 1.82) is 0 Å². The molecule has 1 aliphatic rings. The van der Waals surface area contributed by atoms with Gasteiger partial charge in [0, 0.05) is 12.5 Å². The number of carbonyl (C=O) groups excluding carboxylic acids is 2. The van der Waals surface area contributed by atoms with Crippen LogP contribution in [0.5, 0.6) is 0 Å². The van der Waals surface area contributed by atoms with E-state index in [2.05, 4.69) is 0 Å². The molecule has 6 heteroatoms. The zero-order chi connectivity index (χ0) is 15.5. The van der Waals surface area contributed by atoms with Crippen LogP contribution in [0.15, 0.2) is 11.3 Å². The molecule has 0 aromatic carbocycles. The van der Waals surface area contributed by atoms with Crippen molar-refractivity contribution in [3.8, 4) is 0 Å². The van der Waals surface area contributed by atoms with Gasteiger partial charge in [-0.25, -0.2) is 9.59 Å². The van der Waals surface area contributed by atoms with E-state index in [0.717, 1.165) is 0 Å². The van der Waals surface area contributed by atoms with E-state index in [0.29, 0.717) is 0 Å². The summed E-state index contributed by atoms with van der Waals surface area (Å²) in [7, 11) is 0. The van der Waals surface area contributed by atoms with Crippen LogP contribution in [0, 0.1) is 0 Å². The van der Waals surface area contributed by atoms with Crippen molar-refractivity contribution < 1.29 is 24.2 Å². The number of nitrogens with zero attached hydrogens (tertiary/aromatic N) is 1. The molecule has 6 nitrogen and oxygen atoms in total. The Morgan fingerprint density at radius 2 is 2.00 bits per heavy atom. The van der Waals surface area contributed by atoms with Gasteiger partial charge >= 0.3 is 12.1 Å². The zero-order valence-electron chi connectivity index (χ0n) is 12.7. The summed E-state index contributed by atoms with van der Waals surface area (Å²) in [6.45, 7) is 9.05. The molecule has 0 aliphatic carbocycles. The zero-order valence-corrected chi connectivity index (χ0v) is 12.7. The molecule has 1 amide bonds. The monoisotopic (exact) mass is 285 g/mol. The maximum absolute atomic E-state index is 12.0. The summed E-state index contributed by atoms with van der Waals surface area (Å²) in [5.41, 5.74) is -0.364. The highest BCUT2D eigenvalue weighted by atomic mass is 16.6. The number of aliphatic hydroxyl groups is 1. The lowest BCUT2D eigenvalue weighted by molar-refractivity contribution is -0.139. The molecule has 0 aromatic rings. The van der Waals surface area contributed by atoms with Gasteiger partial charge in [0.25, 0.3) is 0 Å². The van der Waals surface area contributed by atoms with Crippen LogP contribution in [0.1, 0.15) is 41.0 Å². The minimum absolute atomic E-state index is 0.0375. The Morgan fingerprint density at radius 3 is 2.50 bits per heavy atom. The van der Waals surface area contributed by atoms with Gasteiger partial charge < -0.3 is 14.6 Å². The van der Waals surface area contributed by atoms with Gasteiger partial charge in [0.15, 0.2) is 0 Å². The quantitative estimate of drug-likeness (QED) is 0.788. The summed E-state index contributed by atoms with van der Waals surface area (Å²) in [6.07, 6.45) is -0.247. The Labute approximate surface area is 119 Å². The van der Waals surface area contributed by atoms with Crippen LogP contribution in [-0.2, 0) is 14.3 Å². The first-order valence-electron chi connectivity index (χ1n) is 6.73. The average Bonchev–Trinajstić information content (AvgIpc) is 2.29. The van der Waals surface area contributed by atoms with Crippen LogP contribution in [0.3, 0.4) is 0 Å². The Morgan fingerprint density at radius 1 is 1.40 bits per heavy atom. The number of ether oxygens (including phenoxy) is 2. The minimum atomic E-state index is -0.600. The maximum atomic E-state index is 12.0. The third-order valence-electron chi connectivity index (χ3n) is 2.85. The third-order valence-corrected chi connectivity index (χ3v) is 2.85. The Balaban J connectivity index is 2.82. The van der Waals surface area contributed by atoms with E-state index in [1.807, 2.05) is 0 Å². The first kappa shape index (κ1) is 16.3. The third kappa shape index (κ3) is 4.15. The van der Waals surface area contributed by atoms with Crippen LogP contribution in [-0.4, -0.2) is 46.9 Å². The van der Waals surface area contributed by atoms with Gasteiger partial charge in [-0.15, -0.1) is 0 Å². The summed E-state index contributed by atoms with van der Waals surface area (Å²) in [5.74, 6) is -0.659. The van der Waals surface area contributed by atoms with E-state index in [-0.39, 0.29) is 36.9 Å². The lowest BCUT2D eigenvalue weighted by Gasteiger charge is -2.35. The number of amides is 1. The molecule has 20 heavy (non-hydrogen) atoms. The van der Waals surface area contributed by atoms with Crippen molar-refractivity contribution in [2.45, 2.75) is 52.7 Å². The highest BCUT2D eigenvalue weighted by Gasteiger charge is 2.34. The van der Waals surface area contributed by atoms with Gasteiger partial charge in [0.05, 0.1) is 18.7 Å². The molecule has 0 bridgehead atoms. The second-order valence-electron chi connectivity index (χ2n) is 5.81. The molecule has 0 spiro atoms. The Hall–Kier alpha value is -1.72. The van der Waals surface area contributed by atoms with Gasteiger partial charge in [0.1, 0.15) is 11.4 Å². The van der Waals surface area contributed by atoms with Crippen LogP contribution in [0.25, 0.3) is 0 Å². The molecule has 1 N–H and O–H groups in total. The second kappa shape index (κ2) is 6.15. The summed E-state index contributed by atoms with van der Waals surface area (Å²) < 4.78 is 10.2. The summed E-state index contributed by atoms with van der Waals surface area (Å²) in [4.78, 5) is 25.1. The molecule has 0 saturated heterocycles. The van der Waals surface area contributed by atoms with Crippen molar-refractivity contribution in [3.63, 3.8) is 0 Å². The van der Waals surface area contributed by atoms with E-state index in [4.69, 9.17) is 9.47 Å². The number of hydrogen-bond acceptors (Lipinski definition) is 5. The van der Waals surface area contributed by atoms with Gasteiger partial charge in [-0.2, -0.15) is 0 Å². The molecule has 0 radical (unpaired) electrons. The maximum Gasteiger partial charge on any atom is 0.410 e. The van der Waals surface area contributed by atoms with Crippen LogP contribution in [0.4, 0.5) is 4.79 Å². The second-order valence-corrected chi connectivity index (χ2v) is 5.81. The van der Waals surface area contributed by atoms with Crippen molar-refractivity contribution in [2.24, 2.45) is 0 Å². The summed E-state index contributed by atoms with van der Waals surface area (Å²) in [6, 6.07) is -0.236. The van der Waals surface area contributed by atoms with Gasteiger partial charge in [-0.1, -0.05) is 0 Å². The lowest BCUT2D eigenvalue weighted by atomic mass is 10.0. The van der Waals surface area contributed by atoms with Gasteiger partial charge in [-0.05, 0) is 34.6 Å². The molecule has 0 aromatic heterocycles. The largest absolute Gasteiger partial charge is 0.510 e. The van der Waals surface area contributed by atoms with E-state index in [1.165, 1.54) is 4.90 Å². The molecule has 0 saturated carbocycles. The first-order chi connectivity index (χ1) is 9.15. The first-order valence-corrected chi connectivity index (χ1v) is 6.73. The highest BCUT2D eigenvalue weighted by Crippen LogP contribution is 2.24. The van der Waals surface area contributed by atoms with Crippen molar-refractivity contribution >= 4 is 12.1 Å². The van der Waals surface area contributed by atoms with Gasteiger partial charge in [-0.3, -0.25) is 4.90 Å². The number of carbonyl (C=O) groups is 2. The molecule has 0 unspecified atom stereocenters. The molecule has 1 aliphatic heterocycles. The van der Waals surface area contributed by atoms with E-state index < -0.39 is 17.7 Å². The smallest absolute Gasteiger partial charge is 0.410 e. The van der Waals surface area contributed by atoms with E-state index in [1.54, 1.807) is 34.6 Å². The predicted molar refractivity (Wildman–Crippen MR) is 73.3 cm³/mol. The predicted octanol–water partition coefficient (Wildman–Crippen LogP) is 2.39. The molecular weight excluding hydrogens is 262 g/mol. The fourth-order valence-electron chi connectivity index (χ4n) is 1.92. The molecule has 1 atom stereocenters. The van der Waals surface area contributed by atoms with Crippen LogP contribution in [0.2, 0.25) is 0 Å². The molecule has 1 heterocycles. The van der Waals surface area contributed by atoms with Crippen LogP contribution >= 0.6 is 0 Å². The number of hydrogen-bond donors (Lipinski definition) is 1. The SMILES string of the molecule is CCOC(=O)C1=C(O)CN(C(=O)OC(C)(C)C)[C@H](C)C1. The normalized spacial score (nSPS) is 19.9. The van der Waals surface area contributed by atoms with Crippen LogP contribution < -0.4 is 0 Å². The van der Waals surface area contributed by atoms with E-state index in [9.17, 15) is 14.7 Å². The molecule has 0 fully saturated rings. The molecule has 1 rings (SSSR count). The summed E-state index contributed by atoms with van der Waals surface area (Å²) >= 11 is 0. The lowest BCUT2D eigenvalue weighted by Crippen LogP contribution is -2.46. The standard InChI is InChI=1S/C14H23NO5/c1-6-19-12(17)10-7-9(2)15(8-11(10)16)13(18)20-14(3,4)5/h9,16H,6-8H2,1-5H3/t9-/m1/s1. The Kier molecular flexibility index (Phi) is 5.03. The number of rotatable bonds is 2.